The largest absolute Gasteiger partial charge is 0.416 e. The number of nitrogens with zero attached hydrogens (tertiary/aromatic N) is 3. The third kappa shape index (κ3) is 3.41. The lowest BCUT2D eigenvalue weighted by Crippen LogP contribution is -2.04. The lowest BCUT2D eigenvalue weighted by molar-refractivity contribution is -0.137. The van der Waals surface area contributed by atoms with Crippen LogP contribution in [0.5, 0.6) is 0 Å². The molecule has 0 aliphatic heterocycles. The standard InChI is InChI=1S/C18H16F3N3O/c1-2-24-16(11-25)22-23-17(24)14-5-3-12(4-6-14)13-7-9-15(10-8-13)18(19,20)21/h3-10,25H,2,11H2,1H3. The van der Waals surface area contributed by atoms with Crippen LogP contribution in [-0.2, 0) is 19.3 Å². The van der Waals surface area contributed by atoms with Crippen LogP contribution in [-0.4, -0.2) is 19.9 Å². The van der Waals surface area contributed by atoms with Crippen LogP contribution in [0, 0.1) is 0 Å². The summed E-state index contributed by atoms with van der Waals surface area (Å²) < 4.78 is 39.7. The average molecular weight is 347 g/mol. The van der Waals surface area contributed by atoms with Gasteiger partial charge in [0, 0.05) is 12.1 Å². The minimum atomic E-state index is -4.34. The highest BCUT2D eigenvalue weighted by atomic mass is 19.4. The summed E-state index contributed by atoms with van der Waals surface area (Å²) in [7, 11) is 0. The van der Waals surface area contributed by atoms with Crippen LogP contribution in [0.3, 0.4) is 0 Å². The van der Waals surface area contributed by atoms with E-state index in [1.54, 1.807) is 0 Å². The molecule has 130 valence electrons. The monoisotopic (exact) mass is 347 g/mol. The predicted molar refractivity (Wildman–Crippen MR) is 87.5 cm³/mol. The van der Waals surface area contributed by atoms with Gasteiger partial charge in [0.05, 0.1) is 5.56 Å². The zero-order valence-corrected chi connectivity index (χ0v) is 13.5. The lowest BCUT2D eigenvalue weighted by Gasteiger charge is -2.09. The molecule has 3 aromatic rings. The summed E-state index contributed by atoms with van der Waals surface area (Å²) in [6, 6.07) is 12.4. The second-order valence-corrected chi connectivity index (χ2v) is 5.49. The van der Waals surface area contributed by atoms with Gasteiger partial charge in [0.2, 0.25) is 0 Å². The highest BCUT2D eigenvalue weighted by Gasteiger charge is 2.29. The fourth-order valence-corrected chi connectivity index (χ4v) is 2.66. The van der Waals surface area contributed by atoms with Crippen LogP contribution >= 0.6 is 0 Å². The molecular formula is C18H16F3N3O. The topological polar surface area (TPSA) is 50.9 Å². The van der Waals surface area contributed by atoms with Gasteiger partial charge in [0.15, 0.2) is 11.6 Å². The Morgan fingerprint density at radius 3 is 1.88 bits per heavy atom. The maximum absolute atomic E-state index is 12.6. The van der Waals surface area contributed by atoms with Crippen molar-refractivity contribution >= 4 is 0 Å². The van der Waals surface area contributed by atoms with Crippen LogP contribution in [0.15, 0.2) is 48.5 Å². The van der Waals surface area contributed by atoms with Crippen molar-refractivity contribution in [2.45, 2.75) is 26.3 Å². The molecule has 0 unspecified atom stereocenters. The van der Waals surface area contributed by atoms with Crippen LogP contribution in [0.1, 0.15) is 18.3 Å². The first-order chi connectivity index (χ1) is 11.9. The van der Waals surface area contributed by atoms with E-state index in [-0.39, 0.29) is 6.61 Å². The Morgan fingerprint density at radius 2 is 1.40 bits per heavy atom. The molecule has 0 amide bonds. The van der Waals surface area contributed by atoms with Gasteiger partial charge in [-0.3, -0.25) is 0 Å². The molecule has 1 N–H and O–H groups in total. The SMILES string of the molecule is CCn1c(CO)nnc1-c1ccc(-c2ccc(C(F)(F)F)cc2)cc1. The van der Waals surface area contributed by atoms with Crippen LogP contribution < -0.4 is 0 Å². The first kappa shape index (κ1) is 17.2. The molecule has 0 spiro atoms. The molecule has 2 aromatic carbocycles. The van der Waals surface area contributed by atoms with Crippen LogP contribution in [0.4, 0.5) is 13.2 Å². The van der Waals surface area contributed by atoms with Gasteiger partial charge in [-0.1, -0.05) is 36.4 Å². The molecule has 0 fully saturated rings. The summed E-state index contributed by atoms with van der Waals surface area (Å²) in [4.78, 5) is 0. The summed E-state index contributed by atoms with van der Waals surface area (Å²) in [5, 5.41) is 17.3. The van der Waals surface area contributed by atoms with Gasteiger partial charge in [-0.2, -0.15) is 13.2 Å². The fourth-order valence-electron chi connectivity index (χ4n) is 2.66. The van der Waals surface area contributed by atoms with E-state index in [4.69, 9.17) is 0 Å². The number of aliphatic hydroxyl groups is 1. The molecule has 4 nitrogen and oxygen atoms in total. The van der Waals surface area contributed by atoms with Crippen molar-refractivity contribution in [1.82, 2.24) is 14.8 Å². The van der Waals surface area contributed by atoms with Gasteiger partial charge in [-0.25, -0.2) is 0 Å². The number of benzene rings is 2. The highest BCUT2D eigenvalue weighted by Crippen LogP contribution is 2.31. The van der Waals surface area contributed by atoms with Crippen molar-refractivity contribution in [2.75, 3.05) is 0 Å². The molecule has 0 aliphatic rings. The van der Waals surface area contributed by atoms with Crippen molar-refractivity contribution in [3.05, 3.63) is 59.9 Å². The molecule has 0 saturated carbocycles. The number of halogens is 3. The number of hydrogen-bond donors (Lipinski definition) is 1. The van der Waals surface area contributed by atoms with E-state index >= 15 is 0 Å². The van der Waals surface area contributed by atoms with E-state index < -0.39 is 11.7 Å². The number of aliphatic hydroxyl groups excluding tert-OH is 1. The minimum absolute atomic E-state index is 0.190. The molecule has 0 atom stereocenters. The number of alkyl halides is 3. The van der Waals surface area contributed by atoms with Gasteiger partial charge in [0.1, 0.15) is 6.61 Å². The third-order valence-electron chi connectivity index (χ3n) is 3.97. The smallest absolute Gasteiger partial charge is 0.388 e. The van der Waals surface area contributed by atoms with Gasteiger partial charge in [-0.15, -0.1) is 10.2 Å². The van der Waals surface area contributed by atoms with Gasteiger partial charge >= 0.3 is 6.18 Å². The summed E-state index contributed by atoms with van der Waals surface area (Å²) in [5.41, 5.74) is 1.67. The van der Waals surface area contributed by atoms with Crippen LogP contribution in [0.25, 0.3) is 22.5 Å². The maximum Gasteiger partial charge on any atom is 0.416 e. The van der Waals surface area contributed by atoms with E-state index in [0.29, 0.717) is 23.8 Å². The molecule has 7 heteroatoms. The third-order valence-corrected chi connectivity index (χ3v) is 3.97. The molecule has 1 heterocycles. The molecule has 1 aromatic heterocycles. The first-order valence-electron chi connectivity index (χ1n) is 7.75. The second-order valence-electron chi connectivity index (χ2n) is 5.49. The van der Waals surface area contributed by atoms with Gasteiger partial charge in [-0.05, 0) is 30.2 Å². The minimum Gasteiger partial charge on any atom is -0.388 e. The first-order valence-corrected chi connectivity index (χ1v) is 7.75. The van der Waals surface area contributed by atoms with E-state index in [0.717, 1.165) is 23.3 Å². The Labute approximate surface area is 142 Å². The van der Waals surface area contributed by atoms with Crippen molar-refractivity contribution in [1.29, 1.82) is 0 Å². The van der Waals surface area contributed by atoms with Gasteiger partial charge in [0.25, 0.3) is 0 Å². The zero-order chi connectivity index (χ0) is 18.0. The average Bonchev–Trinajstić information content (AvgIpc) is 3.04. The summed E-state index contributed by atoms with van der Waals surface area (Å²) in [6.45, 7) is 2.37. The van der Waals surface area contributed by atoms with Crippen molar-refractivity contribution in [2.24, 2.45) is 0 Å². The second kappa shape index (κ2) is 6.68. The number of hydrogen-bond acceptors (Lipinski definition) is 3. The molecule has 0 aliphatic carbocycles. The van der Waals surface area contributed by atoms with Crippen molar-refractivity contribution in [3.63, 3.8) is 0 Å². The molecule has 0 saturated heterocycles. The molecule has 0 bridgehead atoms. The maximum atomic E-state index is 12.6. The Kier molecular flexibility index (Phi) is 4.59. The van der Waals surface area contributed by atoms with E-state index in [1.165, 1.54) is 12.1 Å². The Balaban J connectivity index is 1.89. The Bertz CT molecular complexity index is 853. The van der Waals surface area contributed by atoms with Crippen molar-refractivity contribution in [3.8, 4) is 22.5 Å². The van der Waals surface area contributed by atoms with E-state index in [1.807, 2.05) is 35.8 Å². The number of rotatable bonds is 4. The number of aromatic nitrogens is 3. The van der Waals surface area contributed by atoms with Crippen LogP contribution in [0.2, 0.25) is 0 Å². The van der Waals surface area contributed by atoms with Gasteiger partial charge < -0.3 is 9.67 Å². The zero-order valence-electron chi connectivity index (χ0n) is 13.5. The summed E-state index contributed by atoms with van der Waals surface area (Å²) >= 11 is 0. The molecule has 0 radical (unpaired) electrons. The predicted octanol–water partition coefficient (Wildman–Crippen LogP) is 4.14. The molecule has 3 rings (SSSR count). The normalized spacial score (nSPS) is 11.7. The lowest BCUT2D eigenvalue weighted by atomic mass is 10.0. The summed E-state index contributed by atoms with van der Waals surface area (Å²) in [5.74, 6) is 1.13. The molecular weight excluding hydrogens is 331 g/mol. The van der Waals surface area contributed by atoms with E-state index in [9.17, 15) is 18.3 Å². The summed E-state index contributed by atoms with van der Waals surface area (Å²) in [6.07, 6.45) is -4.34. The van der Waals surface area contributed by atoms with E-state index in [2.05, 4.69) is 10.2 Å². The molecule has 25 heavy (non-hydrogen) atoms. The highest BCUT2D eigenvalue weighted by molar-refractivity contribution is 5.68. The van der Waals surface area contributed by atoms with Crippen molar-refractivity contribution < 1.29 is 18.3 Å². The Hall–Kier alpha value is -2.67. The Morgan fingerprint density at radius 1 is 0.880 bits per heavy atom. The fraction of sp³-hybridized carbons (Fsp3) is 0.222. The quantitative estimate of drug-likeness (QED) is 0.772.